The molecule has 0 N–H and O–H groups in total. The summed E-state index contributed by atoms with van der Waals surface area (Å²) >= 11 is 5.85. The van der Waals surface area contributed by atoms with Gasteiger partial charge in [-0.3, -0.25) is 4.79 Å². The van der Waals surface area contributed by atoms with Crippen molar-refractivity contribution in [3.8, 4) is 0 Å². The number of aromatic nitrogens is 1. The second-order valence-electron chi connectivity index (χ2n) is 6.11. The fourth-order valence-electron chi connectivity index (χ4n) is 2.63. The van der Waals surface area contributed by atoms with Crippen LogP contribution >= 0.6 is 11.6 Å². The number of rotatable bonds is 4. The van der Waals surface area contributed by atoms with Gasteiger partial charge in [0.1, 0.15) is 10.8 Å². The van der Waals surface area contributed by atoms with Crippen LogP contribution in [0.4, 0.5) is 0 Å². The summed E-state index contributed by atoms with van der Waals surface area (Å²) in [5, 5.41) is 0.370. The zero-order chi connectivity index (χ0) is 15.4. The van der Waals surface area contributed by atoms with E-state index in [0.717, 1.165) is 32.5 Å². The van der Waals surface area contributed by atoms with Gasteiger partial charge in [0, 0.05) is 25.7 Å². The minimum atomic E-state index is -0.00633. The molecule has 0 radical (unpaired) electrons. The zero-order valence-corrected chi connectivity index (χ0v) is 13.8. The van der Waals surface area contributed by atoms with Gasteiger partial charge >= 0.3 is 0 Å². The Balaban J connectivity index is 1.87. The molecule has 0 bridgehead atoms. The first-order valence-corrected chi connectivity index (χ1v) is 7.97. The molecule has 5 heteroatoms. The normalized spacial score (nSPS) is 16.8. The van der Waals surface area contributed by atoms with Crippen LogP contribution in [-0.2, 0) is 0 Å². The highest BCUT2D eigenvalue weighted by atomic mass is 35.5. The Bertz CT molecular complexity index is 484. The Labute approximate surface area is 132 Å². The van der Waals surface area contributed by atoms with E-state index in [4.69, 9.17) is 11.6 Å². The van der Waals surface area contributed by atoms with E-state index < -0.39 is 0 Å². The number of nitrogens with zero attached hydrogens (tertiary/aromatic N) is 3. The molecule has 0 atom stereocenters. The second kappa shape index (κ2) is 7.23. The molecule has 1 saturated heterocycles. The number of hydrogen-bond acceptors (Lipinski definition) is 3. The summed E-state index contributed by atoms with van der Waals surface area (Å²) in [6.45, 7) is 7.15. The quantitative estimate of drug-likeness (QED) is 0.802. The van der Waals surface area contributed by atoms with Crippen LogP contribution in [-0.4, -0.2) is 53.4 Å². The lowest BCUT2D eigenvalue weighted by Gasteiger charge is -2.34. The Hall–Kier alpha value is -1.13. The van der Waals surface area contributed by atoms with Crippen molar-refractivity contribution in [3.63, 3.8) is 0 Å². The summed E-state index contributed by atoms with van der Waals surface area (Å²) in [5.74, 6) is 0.668. The van der Waals surface area contributed by atoms with E-state index in [9.17, 15) is 4.79 Å². The van der Waals surface area contributed by atoms with E-state index in [2.05, 4.69) is 30.8 Å². The van der Waals surface area contributed by atoms with E-state index >= 15 is 0 Å². The van der Waals surface area contributed by atoms with Crippen LogP contribution in [0.1, 0.15) is 37.2 Å². The predicted octanol–water partition coefficient (Wildman–Crippen LogP) is 2.93. The molecule has 1 aliphatic rings. The van der Waals surface area contributed by atoms with Crippen LogP contribution in [0.25, 0.3) is 0 Å². The minimum Gasteiger partial charge on any atom is -0.337 e. The number of piperidine rings is 1. The highest BCUT2D eigenvalue weighted by molar-refractivity contribution is 6.29. The highest BCUT2D eigenvalue weighted by Gasteiger charge is 2.25. The average Bonchev–Trinajstić information content (AvgIpc) is 2.47. The molecular weight excluding hydrogens is 286 g/mol. The van der Waals surface area contributed by atoms with Crippen molar-refractivity contribution in [1.82, 2.24) is 14.8 Å². The summed E-state index contributed by atoms with van der Waals surface area (Å²) in [6.07, 6.45) is 2.12. The lowest BCUT2D eigenvalue weighted by atomic mass is 9.95. The molecule has 0 aromatic carbocycles. The Morgan fingerprint density at radius 2 is 2.10 bits per heavy atom. The number of carbonyl (C=O) groups is 1. The summed E-state index contributed by atoms with van der Waals surface area (Å²) < 4.78 is 0. The molecule has 21 heavy (non-hydrogen) atoms. The third-order valence-electron chi connectivity index (χ3n) is 4.26. The molecule has 2 heterocycles. The van der Waals surface area contributed by atoms with Gasteiger partial charge in [0.2, 0.25) is 0 Å². The number of amides is 1. The summed E-state index contributed by atoms with van der Waals surface area (Å²) in [5.41, 5.74) is 0.445. The number of halogens is 1. The molecule has 4 nitrogen and oxygen atoms in total. The molecule has 0 unspecified atom stereocenters. The summed E-state index contributed by atoms with van der Waals surface area (Å²) in [6, 6.07) is 5.76. The van der Waals surface area contributed by atoms with Crippen LogP contribution in [0.2, 0.25) is 5.15 Å². The van der Waals surface area contributed by atoms with Crippen LogP contribution in [0.15, 0.2) is 18.2 Å². The van der Waals surface area contributed by atoms with E-state index in [0.29, 0.717) is 22.8 Å². The van der Waals surface area contributed by atoms with Crippen LogP contribution in [0.3, 0.4) is 0 Å². The van der Waals surface area contributed by atoms with Gasteiger partial charge in [-0.25, -0.2) is 4.98 Å². The van der Waals surface area contributed by atoms with Gasteiger partial charge in [0.25, 0.3) is 5.91 Å². The average molecular weight is 310 g/mol. The van der Waals surface area contributed by atoms with Crippen molar-refractivity contribution in [2.75, 3.05) is 26.7 Å². The highest BCUT2D eigenvalue weighted by Crippen LogP contribution is 2.20. The van der Waals surface area contributed by atoms with Crippen molar-refractivity contribution >= 4 is 17.5 Å². The first kappa shape index (κ1) is 16.2. The van der Waals surface area contributed by atoms with Gasteiger partial charge in [0.05, 0.1) is 0 Å². The van der Waals surface area contributed by atoms with Gasteiger partial charge in [-0.2, -0.15) is 0 Å². The first-order chi connectivity index (χ1) is 9.97. The monoisotopic (exact) mass is 309 g/mol. The van der Waals surface area contributed by atoms with Gasteiger partial charge in [-0.1, -0.05) is 17.7 Å². The van der Waals surface area contributed by atoms with E-state index in [-0.39, 0.29) is 5.91 Å². The molecule has 0 aliphatic carbocycles. The van der Waals surface area contributed by atoms with Gasteiger partial charge in [0.15, 0.2) is 0 Å². The van der Waals surface area contributed by atoms with Gasteiger partial charge in [-0.15, -0.1) is 0 Å². The molecule has 1 aromatic heterocycles. The number of likely N-dealkylation sites (tertiary alicyclic amines) is 1. The van der Waals surface area contributed by atoms with Crippen molar-refractivity contribution in [3.05, 3.63) is 29.0 Å². The standard InChI is InChI=1S/C16H24ClN3O/c1-12(2)19(3)11-13-7-9-20(10-8-13)16(21)14-5-4-6-15(17)18-14/h4-6,12-13H,7-11H2,1-3H3. The molecule has 1 aliphatic heterocycles. The predicted molar refractivity (Wildman–Crippen MR) is 85.6 cm³/mol. The number of pyridine rings is 1. The topological polar surface area (TPSA) is 36.4 Å². The van der Waals surface area contributed by atoms with Gasteiger partial charge < -0.3 is 9.80 Å². The van der Waals surface area contributed by atoms with Crippen molar-refractivity contribution in [1.29, 1.82) is 0 Å². The van der Waals surface area contributed by atoms with Crippen LogP contribution in [0.5, 0.6) is 0 Å². The lowest BCUT2D eigenvalue weighted by molar-refractivity contribution is 0.0660. The van der Waals surface area contributed by atoms with Crippen molar-refractivity contribution < 1.29 is 4.79 Å². The molecule has 116 valence electrons. The third kappa shape index (κ3) is 4.42. The van der Waals surface area contributed by atoms with Crippen molar-refractivity contribution in [2.24, 2.45) is 5.92 Å². The van der Waals surface area contributed by atoms with Crippen LogP contribution < -0.4 is 0 Å². The van der Waals surface area contributed by atoms with Crippen molar-refractivity contribution in [2.45, 2.75) is 32.7 Å². The zero-order valence-electron chi connectivity index (χ0n) is 13.1. The van der Waals surface area contributed by atoms with Gasteiger partial charge in [-0.05, 0) is 51.8 Å². The SMILES string of the molecule is CC(C)N(C)CC1CCN(C(=O)c2cccc(Cl)n2)CC1. The number of carbonyl (C=O) groups excluding carboxylic acids is 1. The molecule has 1 fully saturated rings. The second-order valence-corrected chi connectivity index (χ2v) is 6.50. The maximum Gasteiger partial charge on any atom is 0.272 e. The molecule has 1 amide bonds. The largest absolute Gasteiger partial charge is 0.337 e. The first-order valence-electron chi connectivity index (χ1n) is 7.59. The van der Waals surface area contributed by atoms with E-state index in [1.54, 1.807) is 18.2 Å². The third-order valence-corrected chi connectivity index (χ3v) is 4.47. The molecule has 2 rings (SSSR count). The fourth-order valence-corrected chi connectivity index (χ4v) is 2.79. The Kier molecular flexibility index (Phi) is 5.59. The van der Waals surface area contributed by atoms with E-state index in [1.807, 2.05) is 4.90 Å². The summed E-state index contributed by atoms with van der Waals surface area (Å²) in [7, 11) is 2.16. The smallest absolute Gasteiger partial charge is 0.272 e. The Morgan fingerprint density at radius 3 is 2.67 bits per heavy atom. The summed E-state index contributed by atoms with van der Waals surface area (Å²) in [4.78, 5) is 20.8. The molecule has 0 spiro atoms. The van der Waals surface area contributed by atoms with E-state index in [1.165, 1.54) is 0 Å². The molecular formula is C16H24ClN3O. The maximum atomic E-state index is 12.4. The molecule has 1 aromatic rings. The number of hydrogen-bond donors (Lipinski definition) is 0. The Morgan fingerprint density at radius 1 is 1.43 bits per heavy atom. The minimum absolute atomic E-state index is 0.00633. The lowest BCUT2D eigenvalue weighted by Crippen LogP contribution is -2.42. The van der Waals surface area contributed by atoms with Crippen LogP contribution in [0, 0.1) is 5.92 Å². The maximum absolute atomic E-state index is 12.4. The fraction of sp³-hybridized carbons (Fsp3) is 0.625. The molecule has 0 saturated carbocycles.